The highest BCUT2D eigenvalue weighted by atomic mass is 79.9. The quantitative estimate of drug-likeness (QED) is 0.610. The zero-order valence-electron chi connectivity index (χ0n) is 12.0. The zero-order valence-corrected chi connectivity index (χ0v) is 13.5. The third kappa shape index (κ3) is 4.43. The Hall–Kier alpha value is -1.18. The van der Waals surface area contributed by atoms with E-state index in [-0.39, 0.29) is 0 Å². The molecule has 0 atom stereocenters. The first-order valence-electron chi connectivity index (χ1n) is 6.86. The van der Waals surface area contributed by atoms with Gasteiger partial charge in [-0.25, -0.2) is 0 Å². The van der Waals surface area contributed by atoms with Gasteiger partial charge < -0.3 is 14.8 Å². The summed E-state index contributed by atoms with van der Waals surface area (Å²) in [5.74, 6) is 7.35. The molecule has 0 amide bonds. The van der Waals surface area contributed by atoms with Crippen molar-refractivity contribution in [2.75, 3.05) is 13.7 Å². The van der Waals surface area contributed by atoms with E-state index in [1.54, 1.807) is 7.11 Å². The van der Waals surface area contributed by atoms with Crippen molar-refractivity contribution in [3.05, 3.63) is 22.2 Å². The monoisotopic (exact) mass is 337 g/mol. The SMILES string of the molecule is CC#CCCOc1c(Br)cc(CNC2CC2)cc1OC. The van der Waals surface area contributed by atoms with Crippen molar-refractivity contribution in [2.24, 2.45) is 0 Å². The van der Waals surface area contributed by atoms with Crippen LogP contribution in [-0.4, -0.2) is 19.8 Å². The predicted molar refractivity (Wildman–Crippen MR) is 84.1 cm³/mol. The zero-order chi connectivity index (χ0) is 14.4. The number of benzene rings is 1. The minimum atomic E-state index is 0.565. The van der Waals surface area contributed by atoms with Gasteiger partial charge in [-0.1, -0.05) is 0 Å². The van der Waals surface area contributed by atoms with Crippen LogP contribution >= 0.6 is 15.9 Å². The van der Waals surface area contributed by atoms with Gasteiger partial charge in [0.1, 0.15) is 0 Å². The van der Waals surface area contributed by atoms with Gasteiger partial charge in [-0.2, -0.15) is 0 Å². The van der Waals surface area contributed by atoms with E-state index in [0.717, 1.165) is 28.9 Å². The molecule has 3 nitrogen and oxygen atoms in total. The van der Waals surface area contributed by atoms with Gasteiger partial charge in [0.25, 0.3) is 0 Å². The minimum Gasteiger partial charge on any atom is -0.493 e. The molecule has 2 rings (SSSR count). The fourth-order valence-electron chi connectivity index (χ4n) is 1.89. The van der Waals surface area contributed by atoms with Gasteiger partial charge in [0.15, 0.2) is 11.5 Å². The first-order chi connectivity index (χ1) is 9.74. The van der Waals surface area contributed by atoms with Crippen LogP contribution in [0.1, 0.15) is 31.7 Å². The number of halogens is 1. The van der Waals surface area contributed by atoms with E-state index in [2.05, 4.69) is 39.2 Å². The average molecular weight is 338 g/mol. The molecule has 20 heavy (non-hydrogen) atoms. The Morgan fingerprint density at radius 1 is 1.40 bits per heavy atom. The summed E-state index contributed by atoms with van der Waals surface area (Å²) in [6.45, 7) is 3.26. The summed E-state index contributed by atoms with van der Waals surface area (Å²) in [4.78, 5) is 0. The molecule has 0 bridgehead atoms. The van der Waals surface area contributed by atoms with Crippen LogP contribution in [0.25, 0.3) is 0 Å². The van der Waals surface area contributed by atoms with Crippen LogP contribution in [-0.2, 0) is 6.54 Å². The Morgan fingerprint density at radius 3 is 2.85 bits per heavy atom. The Bertz CT molecular complexity index is 515. The summed E-state index contributed by atoms with van der Waals surface area (Å²) in [7, 11) is 1.67. The highest BCUT2D eigenvalue weighted by molar-refractivity contribution is 9.10. The molecule has 1 fully saturated rings. The fraction of sp³-hybridized carbons (Fsp3) is 0.500. The van der Waals surface area contributed by atoms with Crippen molar-refractivity contribution in [1.82, 2.24) is 5.32 Å². The van der Waals surface area contributed by atoms with E-state index >= 15 is 0 Å². The molecule has 1 N–H and O–H groups in total. The summed E-state index contributed by atoms with van der Waals surface area (Å²) < 4.78 is 12.1. The number of rotatable bonds is 7. The molecule has 108 valence electrons. The maximum Gasteiger partial charge on any atom is 0.175 e. The smallest absolute Gasteiger partial charge is 0.175 e. The Balaban J connectivity index is 2.03. The maximum atomic E-state index is 5.76. The van der Waals surface area contributed by atoms with Crippen molar-refractivity contribution >= 4 is 15.9 Å². The summed E-state index contributed by atoms with van der Waals surface area (Å²) in [6.07, 6.45) is 3.30. The molecule has 0 unspecified atom stereocenters. The van der Waals surface area contributed by atoms with Crippen molar-refractivity contribution in [1.29, 1.82) is 0 Å². The van der Waals surface area contributed by atoms with Gasteiger partial charge in [-0.15, -0.1) is 11.8 Å². The second-order valence-electron chi connectivity index (χ2n) is 4.79. The molecule has 1 saturated carbocycles. The summed E-state index contributed by atoms with van der Waals surface area (Å²) in [6, 6.07) is 4.81. The molecule has 0 radical (unpaired) electrons. The number of ether oxygens (including phenoxy) is 2. The van der Waals surface area contributed by atoms with Gasteiger partial charge in [0.2, 0.25) is 0 Å². The largest absolute Gasteiger partial charge is 0.493 e. The maximum absolute atomic E-state index is 5.76. The van der Waals surface area contributed by atoms with Crippen molar-refractivity contribution < 1.29 is 9.47 Å². The molecule has 4 heteroatoms. The summed E-state index contributed by atoms with van der Waals surface area (Å²) in [5.41, 5.74) is 1.20. The molecule has 0 saturated heterocycles. The lowest BCUT2D eigenvalue weighted by Gasteiger charge is -2.14. The third-order valence-electron chi connectivity index (χ3n) is 3.11. The van der Waals surface area contributed by atoms with Crippen LogP contribution in [0.15, 0.2) is 16.6 Å². The molecule has 0 aromatic heterocycles. The lowest BCUT2D eigenvalue weighted by Crippen LogP contribution is -2.15. The first-order valence-corrected chi connectivity index (χ1v) is 7.66. The lowest BCUT2D eigenvalue weighted by atomic mass is 10.2. The van der Waals surface area contributed by atoms with E-state index < -0.39 is 0 Å². The van der Waals surface area contributed by atoms with E-state index in [4.69, 9.17) is 9.47 Å². The Labute approximate surface area is 129 Å². The van der Waals surface area contributed by atoms with Crippen molar-refractivity contribution in [3.8, 4) is 23.3 Å². The highest BCUT2D eigenvalue weighted by Gasteiger charge is 2.20. The molecule has 1 aliphatic carbocycles. The second-order valence-corrected chi connectivity index (χ2v) is 5.64. The highest BCUT2D eigenvalue weighted by Crippen LogP contribution is 2.37. The average Bonchev–Trinajstić information content (AvgIpc) is 3.26. The summed E-state index contributed by atoms with van der Waals surface area (Å²) >= 11 is 3.56. The predicted octanol–water partition coefficient (Wildman–Crippen LogP) is 3.50. The molecule has 0 aliphatic heterocycles. The van der Waals surface area contributed by atoms with E-state index in [0.29, 0.717) is 12.6 Å². The molecular formula is C16H20BrNO2. The van der Waals surface area contributed by atoms with Crippen LogP contribution in [0.4, 0.5) is 0 Å². The van der Waals surface area contributed by atoms with Crippen molar-refractivity contribution in [2.45, 2.75) is 38.8 Å². The first kappa shape index (κ1) is 15.2. The van der Waals surface area contributed by atoms with Crippen LogP contribution in [0.2, 0.25) is 0 Å². The number of hydrogen-bond acceptors (Lipinski definition) is 3. The molecule has 0 heterocycles. The Kier molecular flexibility index (Phi) is 5.75. The van der Waals surface area contributed by atoms with E-state index in [9.17, 15) is 0 Å². The van der Waals surface area contributed by atoms with Gasteiger partial charge in [-0.05, 0) is 53.4 Å². The Morgan fingerprint density at radius 2 is 2.20 bits per heavy atom. The van der Waals surface area contributed by atoms with E-state index in [1.165, 1.54) is 18.4 Å². The number of methoxy groups -OCH3 is 1. The number of hydrogen-bond donors (Lipinski definition) is 1. The molecular weight excluding hydrogens is 318 g/mol. The standard InChI is InChI=1S/C16H20BrNO2/c1-3-4-5-8-20-16-14(17)9-12(10-15(16)19-2)11-18-13-6-7-13/h9-10,13,18H,5-8,11H2,1-2H3. The minimum absolute atomic E-state index is 0.565. The topological polar surface area (TPSA) is 30.5 Å². The van der Waals surface area contributed by atoms with Gasteiger partial charge in [0.05, 0.1) is 18.2 Å². The number of nitrogens with one attached hydrogen (secondary N) is 1. The fourth-order valence-corrected chi connectivity index (χ4v) is 2.50. The van der Waals surface area contributed by atoms with Crippen molar-refractivity contribution in [3.63, 3.8) is 0 Å². The molecule has 1 aromatic carbocycles. The molecule has 0 spiro atoms. The molecule has 1 aliphatic rings. The van der Waals surface area contributed by atoms with Crippen LogP contribution in [0, 0.1) is 11.8 Å². The third-order valence-corrected chi connectivity index (χ3v) is 3.70. The van der Waals surface area contributed by atoms with Crippen LogP contribution in [0.5, 0.6) is 11.5 Å². The van der Waals surface area contributed by atoms with Gasteiger partial charge >= 0.3 is 0 Å². The summed E-state index contributed by atoms with van der Waals surface area (Å²) in [5, 5.41) is 3.50. The van der Waals surface area contributed by atoms with Gasteiger partial charge in [-0.3, -0.25) is 0 Å². The lowest BCUT2D eigenvalue weighted by molar-refractivity contribution is 0.299. The second kappa shape index (κ2) is 7.56. The normalized spacial score (nSPS) is 13.6. The van der Waals surface area contributed by atoms with Gasteiger partial charge in [0, 0.05) is 19.0 Å². The molecule has 1 aromatic rings. The van der Waals surface area contributed by atoms with Crippen LogP contribution < -0.4 is 14.8 Å². The van der Waals surface area contributed by atoms with E-state index in [1.807, 2.05) is 13.0 Å². The van der Waals surface area contributed by atoms with Crippen LogP contribution in [0.3, 0.4) is 0 Å².